The minimum absolute atomic E-state index is 0.151. The number of benzene rings is 1. The highest BCUT2D eigenvalue weighted by Gasteiger charge is 2.29. The van der Waals surface area contributed by atoms with E-state index < -0.39 is 0 Å². The maximum Gasteiger partial charge on any atom is 0.129 e. The van der Waals surface area contributed by atoms with Crippen molar-refractivity contribution < 1.29 is 4.39 Å². The molecule has 1 aliphatic heterocycles. The van der Waals surface area contributed by atoms with Gasteiger partial charge in [0, 0.05) is 28.9 Å². The van der Waals surface area contributed by atoms with Gasteiger partial charge < -0.3 is 5.73 Å². The van der Waals surface area contributed by atoms with Crippen molar-refractivity contribution in [3.8, 4) is 0 Å². The first-order valence-corrected chi connectivity index (χ1v) is 7.62. The Labute approximate surface area is 117 Å². The van der Waals surface area contributed by atoms with Crippen LogP contribution in [0.4, 0.5) is 4.39 Å². The van der Waals surface area contributed by atoms with Gasteiger partial charge in [-0.05, 0) is 31.4 Å². The molecule has 0 bridgehead atoms. The van der Waals surface area contributed by atoms with E-state index in [0.29, 0.717) is 23.2 Å². The van der Waals surface area contributed by atoms with E-state index in [1.54, 1.807) is 12.1 Å². The molecule has 2 unspecified atom stereocenters. The fraction of sp³-hybridized carbons (Fsp3) is 0.538. The third kappa shape index (κ3) is 2.82. The number of nitrogens with two attached hydrogens (primary N) is 1. The molecule has 0 aromatic heterocycles. The van der Waals surface area contributed by atoms with Crippen molar-refractivity contribution in [2.45, 2.75) is 18.5 Å². The van der Waals surface area contributed by atoms with Gasteiger partial charge in [0.15, 0.2) is 0 Å². The topological polar surface area (TPSA) is 29.3 Å². The summed E-state index contributed by atoms with van der Waals surface area (Å²) in [6.45, 7) is 0.373. The van der Waals surface area contributed by atoms with Gasteiger partial charge in [-0.1, -0.05) is 17.7 Å². The van der Waals surface area contributed by atoms with Gasteiger partial charge in [-0.2, -0.15) is 11.8 Å². The van der Waals surface area contributed by atoms with Gasteiger partial charge in [-0.25, -0.2) is 4.39 Å². The van der Waals surface area contributed by atoms with Crippen molar-refractivity contribution in [3.05, 3.63) is 34.6 Å². The Morgan fingerprint density at radius 3 is 2.94 bits per heavy atom. The normalized spacial score (nSPS) is 21.5. The van der Waals surface area contributed by atoms with Gasteiger partial charge in [-0.3, -0.25) is 4.90 Å². The molecule has 2 nitrogen and oxygen atoms in total. The Bertz CT molecular complexity index is 390. The Morgan fingerprint density at radius 1 is 1.61 bits per heavy atom. The summed E-state index contributed by atoms with van der Waals surface area (Å²) in [6.07, 6.45) is 1.13. The second-order valence-corrected chi connectivity index (χ2v) is 6.13. The van der Waals surface area contributed by atoms with Crippen molar-refractivity contribution in [3.63, 3.8) is 0 Å². The van der Waals surface area contributed by atoms with Crippen LogP contribution in [-0.2, 0) is 0 Å². The van der Waals surface area contributed by atoms with Crippen LogP contribution in [0.3, 0.4) is 0 Å². The molecule has 0 aliphatic carbocycles. The monoisotopic (exact) mass is 288 g/mol. The molecule has 2 rings (SSSR count). The van der Waals surface area contributed by atoms with E-state index in [9.17, 15) is 4.39 Å². The zero-order valence-electron chi connectivity index (χ0n) is 10.4. The zero-order chi connectivity index (χ0) is 13.1. The maximum atomic E-state index is 14.0. The number of likely N-dealkylation sites (N-methyl/N-ethyl adjacent to an activating group) is 1. The summed E-state index contributed by atoms with van der Waals surface area (Å²) in [5.74, 6) is 1.98. The predicted octanol–water partition coefficient (Wildman–Crippen LogP) is 2.92. The standard InChI is InChI=1S/C13H18ClFN2S/c1-17(9-5-6-18-8-9)12(7-16)13-10(14)3-2-4-11(13)15/h2-4,9,12H,5-8,16H2,1H3. The lowest BCUT2D eigenvalue weighted by Crippen LogP contribution is -2.39. The average Bonchev–Trinajstić information content (AvgIpc) is 2.87. The van der Waals surface area contributed by atoms with E-state index in [4.69, 9.17) is 17.3 Å². The molecule has 100 valence electrons. The van der Waals surface area contributed by atoms with Crippen LogP contribution in [0, 0.1) is 5.82 Å². The molecule has 1 heterocycles. The Balaban J connectivity index is 2.27. The molecule has 1 saturated heterocycles. The van der Waals surface area contributed by atoms with Crippen molar-refractivity contribution in [1.82, 2.24) is 4.90 Å². The number of hydrogen-bond acceptors (Lipinski definition) is 3. The van der Waals surface area contributed by atoms with Crippen LogP contribution in [0.2, 0.25) is 5.02 Å². The fourth-order valence-corrected chi connectivity index (χ4v) is 3.98. The van der Waals surface area contributed by atoms with E-state index >= 15 is 0 Å². The van der Waals surface area contributed by atoms with Crippen LogP contribution in [0.5, 0.6) is 0 Å². The molecule has 1 aliphatic rings. The molecule has 1 aromatic carbocycles. The van der Waals surface area contributed by atoms with Gasteiger partial charge in [0.1, 0.15) is 5.82 Å². The van der Waals surface area contributed by atoms with Crippen LogP contribution < -0.4 is 5.73 Å². The van der Waals surface area contributed by atoms with Crippen molar-refractivity contribution in [2.24, 2.45) is 5.73 Å². The van der Waals surface area contributed by atoms with E-state index in [2.05, 4.69) is 4.90 Å². The molecule has 0 saturated carbocycles. The highest BCUT2D eigenvalue weighted by molar-refractivity contribution is 7.99. The molecule has 5 heteroatoms. The van der Waals surface area contributed by atoms with Crippen molar-refractivity contribution in [1.29, 1.82) is 0 Å². The molecule has 1 aromatic rings. The molecule has 0 amide bonds. The van der Waals surface area contributed by atoms with E-state index in [1.807, 2.05) is 18.8 Å². The van der Waals surface area contributed by atoms with Crippen LogP contribution in [0.1, 0.15) is 18.0 Å². The SMILES string of the molecule is CN(C1CCSC1)C(CN)c1c(F)cccc1Cl. The number of nitrogens with zero attached hydrogens (tertiary/aromatic N) is 1. The molecule has 1 fully saturated rings. The highest BCUT2D eigenvalue weighted by Crippen LogP contribution is 2.33. The molecule has 18 heavy (non-hydrogen) atoms. The Morgan fingerprint density at radius 2 is 2.39 bits per heavy atom. The van der Waals surface area contributed by atoms with Gasteiger partial charge in [0.25, 0.3) is 0 Å². The predicted molar refractivity (Wildman–Crippen MR) is 76.7 cm³/mol. The summed E-state index contributed by atoms with van der Waals surface area (Å²) in [5, 5.41) is 0.461. The lowest BCUT2D eigenvalue weighted by molar-refractivity contribution is 0.189. The van der Waals surface area contributed by atoms with E-state index in [-0.39, 0.29) is 11.9 Å². The minimum Gasteiger partial charge on any atom is -0.329 e. The summed E-state index contributed by atoms with van der Waals surface area (Å²) in [6, 6.07) is 5.10. The first kappa shape index (κ1) is 14.1. The van der Waals surface area contributed by atoms with Crippen LogP contribution in [0.25, 0.3) is 0 Å². The molecule has 2 N–H and O–H groups in total. The lowest BCUT2D eigenvalue weighted by Gasteiger charge is -2.32. The summed E-state index contributed by atoms with van der Waals surface area (Å²) in [4.78, 5) is 2.17. The Hall–Kier alpha value is -0.290. The molecular weight excluding hydrogens is 271 g/mol. The van der Waals surface area contributed by atoms with Crippen LogP contribution in [0.15, 0.2) is 18.2 Å². The van der Waals surface area contributed by atoms with Gasteiger partial charge in [-0.15, -0.1) is 0 Å². The first-order valence-electron chi connectivity index (χ1n) is 6.08. The zero-order valence-corrected chi connectivity index (χ0v) is 12.0. The smallest absolute Gasteiger partial charge is 0.129 e. The summed E-state index contributed by atoms with van der Waals surface area (Å²) >= 11 is 8.06. The number of hydrogen-bond donors (Lipinski definition) is 1. The number of rotatable bonds is 4. The van der Waals surface area contributed by atoms with Crippen LogP contribution in [-0.4, -0.2) is 36.0 Å². The third-order valence-corrected chi connectivity index (χ3v) is 5.00. The third-order valence-electron chi connectivity index (χ3n) is 3.53. The van der Waals surface area contributed by atoms with Crippen LogP contribution >= 0.6 is 23.4 Å². The maximum absolute atomic E-state index is 14.0. The summed E-state index contributed by atoms with van der Waals surface area (Å²) in [7, 11) is 2.01. The van der Waals surface area contributed by atoms with Crippen molar-refractivity contribution >= 4 is 23.4 Å². The van der Waals surface area contributed by atoms with E-state index in [1.165, 1.54) is 6.07 Å². The molecular formula is C13H18ClFN2S. The van der Waals surface area contributed by atoms with Crippen molar-refractivity contribution in [2.75, 3.05) is 25.1 Å². The molecule has 0 spiro atoms. The van der Waals surface area contributed by atoms with Gasteiger partial charge >= 0.3 is 0 Å². The Kier molecular flexibility index (Phi) is 4.90. The molecule has 2 atom stereocenters. The largest absolute Gasteiger partial charge is 0.329 e. The van der Waals surface area contributed by atoms with Gasteiger partial charge in [0.05, 0.1) is 6.04 Å². The first-order chi connectivity index (χ1) is 8.65. The second kappa shape index (κ2) is 6.24. The lowest BCUT2D eigenvalue weighted by atomic mass is 10.0. The quantitative estimate of drug-likeness (QED) is 0.924. The fourth-order valence-electron chi connectivity index (χ4n) is 2.41. The highest BCUT2D eigenvalue weighted by atomic mass is 35.5. The molecule has 0 radical (unpaired) electrons. The van der Waals surface area contributed by atoms with E-state index in [0.717, 1.165) is 17.9 Å². The average molecular weight is 289 g/mol. The van der Waals surface area contributed by atoms with Gasteiger partial charge in [0.2, 0.25) is 0 Å². The summed E-state index contributed by atoms with van der Waals surface area (Å²) < 4.78 is 14.0. The minimum atomic E-state index is -0.268. The number of halogens is 2. The summed E-state index contributed by atoms with van der Waals surface area (Å²) in [5.41, 5.74) is 6.37. The number of thioether (sulfide) groups is 1. The second-order valence-electron chi connectivity index (χ2n) is 4.57.